The van der Waals surface area contributed by atoms with Crippen LogP contribution in [-0.4, -0.2) is 42.4 Å². The maximum Gasteiger partial charge on any atom is 0.318 e. The van der Waals surface area contributed by atoms with Gasteiger partial charge in [-0.1, -0.05) is 45.1 Å². The minimum Gasteiger partial charge on any atom is -0.465 e. The summed E-state index contributed by atoms with van der Waals surface area (Å²) in [6.45, 7) is 5.78. The minimum absolute atomic E-state index is 0.0224. The van der Waals surface area contributed by atoms with E-state index in [0.29, 0.717) is 26.0 Å². The van der Waals surface area contributed by atoms with Crippen LogP contribution in [0.15, 0.2) is 11.8 Å². The molecule has 0 aromatic carbocycles. The third kappa shape index (κ3) is 6.10. The third-order valence-corrected chi connectivity index (χ3v) is 10.8. The van der Waals surface area contributed by atoms with E-state index in [1.54, 1.807) is 0 Å². The van der Waals surface area contributed by atoms with Gasteiger partial charge in [-0.25, -0.2) is 0 Å². The fourth-order valence-electron chi connectivity index (χ4n) is 9.48. The van der Waals surface area contributed by atoms with Crippen molar-refractivity contribution in [3.63, 3.8) is 0 Å². The van der Waals surface area contributed by atoms with Gasteiger partial charge >= 0.3 is 5.97 Å². The van der Waals surface area contributed by atoms with Gasteiger partial charge in [0.2, 0.25) is 11.8 Å². The van der Waals surface area contributed by atoms with E-state index in [-0.39, 0.29) is 29.6 Å². The molecular weight excluding hydrogens is 488 g/mol. The molecule has 218 valence electrons. The number of ether oxygens (including phenoxy) is 1. The molecule has 2 amide bonds. The normalized spacial score (nSPS) is 35.0. The summed E-state index contributed by atoms with van der Waals surface area (Å²) >= 11 is 0. The van der Waals surface area contributed by atoms with Crippen molar-refractivity contribution < 1.29 is 19.1 Å². The lowest BCUT2D eigenvalue weighted by Gasteiger charge is -2.57. The second kappa shape index (κ2) is 12.3. The summed E-state index contributed by atoms with van der Waals surface area (Å²) in [4.78, 5) is 42.6. The number of carbonyl (C=O) groups is 3. The van der Waals surface area contributed by atoms with Crippen molar-refractivity contribution in [1.29, 1.82) is 0 Å². The molecule has 4 bridgehead atoms. The van der Waals surface area contributed by atoms with Gasteiger partial charge in [-0.05, 0) is 101 Å². The zero-order valence-corrected chi connectivity index (χ0v) is 24.6. The summed E-state index contributed by atoms with van der Waals surface area (Å²) < 4.78 is 5.62. The highest BCUT2D eigenvalue weighted by Crippen LogP contribution is 2.59. The maximum absolute atomic E-state index is 13.9. The van der Waals surface area contributed by atoms with E-state index in [1.807, 2.05) is 11.8 Å². The second-order valence-corrected chi connectivity index (χ2v) is 13.8. The van der Waals surface area contributed by atoms with Gasteiger partial charge in [0.1, 0.15) is 5.41 Å². The molecular formula is C33H52N2O4. The van der Waals surface area contributed by atoms with Crippen LogP contribution in [0.5, 0.6) is 0 Å². The Bertz CT molecular complexity index is 907. The second-order valence-electron chi connectivity index (χ2n) is 13.8. The van der Waals surface area contributed by atoms with Crippen molar-refractivity contribution in [3.05, 3.63) is 11.8 Å². The Morgan fingerprint density at radius 1 is 0.974 bits per heavy atom. The van der Waals surface area contributed by atoms with Crippen LogP contribution in [0.4, 0.5) is 0 Å². The largest absolute Gasteiger partial charge is 0.465 e. The quantitative estimate of drug-likeness (QED) is 0.213. The highest BCUT2D eigenvalue weighted by atomic mass is 16.5. The van der Waals surface area contributed by atoms with Crippen molar-refractivity contribution in [3.8, 4) is 0 Å². The Hall–Kier alpha value is -1.85. The first-order valence-electron chi connectivity index (χ1n) is 16.3. The molecule has 5 fully saturated rings. The molecule has 0 aromatic rings. The molecule has 0 unspecified atom stereocenters. The van der Waals surface area contributed by atoms with E-state index in [4.69, 9.17) is 4.74 Å². The average Bonchev–Trinajstić information content (AvgIpc) is 2.90. The lowest BCUT2D eigenvalue weighted by atomic mass is 9.49. The fourth-order valence-corrected chi connectivity index (χ4v) is 9.48. The molecule has 0 aromatic heterocycles. The van der Waals surface area contributed by atoms with E-state index in [2.05, 4.69) is 18.3 Å². The predicted octanol–water partition coefficient (Wildman–Crippen LogP) is 6.54. The SMILES string of the molecule is CCCCCCCCN1C(=O)[C@H](CC(=O)NCC23CC4CC(CC(C4)C2)C3)C[C@@]2(C(=O)OCC)CCCC=C12. The summed E-state index contributed by atoms with van der Waals surface area (Å²) in [5.41, 5.74) is 0.335. The number of nitrogens with zero attached hydrogens (tertiary/aromatic N) is 1. The van der Waals surface area contributed by atoms with Crippen LogP contribution in [0.3, 0.4) is 0 Å². The van der Waals surface area contributed by atoms with Crippen LogP contribution < -0.4 is 5.32 Å². The molecule has 6 heteroatoms. The molecule has 1 saturated heterocycles. The number of allylic oxidation sites excluding steroid dienone is 1. The Morgan fingerprint density at radius 2 is 1.64 bits per heavy atom. The lowest BCUT2D eigenvalue weighted by Crippen LogP contribution is -2.55. The number of hydrogen-bond donors (Lipinski definition) is 1. The summed E-state index contributed by atoms with van der Waals surface area (Å²) in [5, 5.41) is 3.29. The van der Waals surface area contributed by atoms with Gasteiger partial charge < -0.3 is 15.0 Å². The van der Waals surface area contributed by atoms with E-state index >= 15 is 0 Å². The molecule has 1 aliphatic heterocycles. The Kier molecular flexibility index (Phi) is 9.08. The van der Waals surface area contributed by atoms with Gasteiger partial charge in [0.15, 0.2) is 0 Å². The van der Waals surface area contributed by atoms with Gasteiger partial charge in [-0.2, -0.15) is 0 Å². The number of unbranched alkanes of at least 4 members (excludes halogenated alkanes) is 5. The summed E-state index contributed by atoms with van der Waals surface area (Å²) in [5.74, 6) is 1.88. The molecule has 5 aliphatic carbocycles. The highest BCUT2D eigenvalue weighted by molar-refractivity contribution is 5.92. The number of amides is 2. The first-order chi connectivity index (χ1) is 18.9. The lowest BCUT2D eigenvalue weighted by molar-refractivity contribution is -0.162. The Morgan fingerprint density at radius 3 is 2.31 bits per heavy atom. The number of fused-ring (bicyclic) bond motifs is 1. The van der Waals surface area contributed by atoms with Crippen LogP contribution in [0.2, 0.25) is 0 Å². The van der Waals surface area contributed by atoms with E-state index < -0.39 is 11.3 Å². The van der Waals surface area contributed by atoms with Crippen LogP contribution >= 0.6 is 0 Å². The number of hydrogen-bond acceptors (Lipinski definition) is 4. The van der Waals surface area contributed by atoms with Crippen LogP contribution in [-0.2, 0) is 19.1 Å². The number of piperidine rings is 1. The maximum atomic E-state index is 13.9. The van der Waals surface area contributed by atoms with Gasteiger partial charge in [0.25, 0.3) is 0 Å². The fraction of sp³-hybridized carbons (Fsp3) is 0.848. The monoisotopic (exact) mass is 540 g/mol. The van der Waals surface area contributed by atoms with Crippen molar-refractivity contribution >= 4 is 17.8 Å². The number of nitrogens with one attached hydrogen (secondary N) is 1. The number of carbonyl (C=O) groups excluding carboxylic acids is 3. The Balaban J connectivity index is 1.26. The molecule has 4 saturated carbocycles. The summed E-state index contributed by atoms with van der Waals surface area (Å²) in [6, 6.07) is 0. The first kappa shape index (κ1) is 28.7. The number of rotatable bonds is 13. The smallest absolute Gasteiger partial charge is 0.318 e. The van der Waals surface area contributed by atoms with Crippen molar-refractivity contribution in [2.24, 2.45) is 34.5 Å². The van der Waals surface area contributed by atoms with Gasteiger partial charge in [0.05, 0.1) is 6.61 Å². The van der Waals surface area contributed by atoms with E-state index in [9.17, 15) is 14.4 Å². The van der Waals surface area contributed by atoms with Crippen LogP contribution in [0.25, 0.3) is 0 Å². The first-order valence-corrected chi connectivity index (χ1v) is 16.3. The average molecular weight is 541 g/mol. The van der Waals surface area contributed by atoms with E-state index in [1.165, 1.54) is 64.2 Å². The minimum atomic E-state index is -0.796. The Labute approximate surface area is 236 Å². The van der Waals surface area contributed by atoms with Crippen molar-refractivity contribution in [2.75, 3.05) is 19.7 Å². The van der Waals surface area contributed by atoms with Gasteiger partial charge in [0, 0.05) is 31.1 Å². The molecule has 2 atom stereocenters. The predicted molar refractivity (Wildman–Crippen MR) is 152 cm³/mol. The molecule has 1 heterocycles. The summed E-state index contributed by atoms with van der Waals surface area (Å²) in [7, 11) is 0. The molecule has 0 spiro atoms. The topological polar surface area (TPSA) is 75.7 Å². The van der Waals surface area contributed by atoms with Gasteiger partial charge in [-0.3, -0.25) is 14.4 Å². The van der Waals surface area contributed by atoms with Crippen molar-refractivity contribution in [1.82, 2.24) is 10.2 Å². The van der Waals surface area contributed by atoms with E-state index in [0.717, 1.165) is 55.7 Å². The van der Waals surface area contributed by atoms with Crippen LogP contribution in [0.1, 0.15) is 123 Å². The molecule has 6 aliphatic rings. The molecule has 1 N–H and O–H groups in total. The molecule has 39 heavy (non-hydrogen) atoms. The standard InChI is InChI=1S/C33H52N2O4/c1-3-5-6-7-8-11-14-35-28-12-9-10-13-33(28,31(38)39-4-2)22-27(30(35)37)18-29(36)34-23-32-19-24-15-25(20-32)17-26(16-24)21-32/h12,24-27H,3-11,13-23H2,1-2H3,(H,34,36)/t24?,25?,26?,27-,32?,33+/m1/s1. The molecule has 6 nitrogen and oxygen atoms in total. The summed E-state index contributed by atoms with van der Waals surface area (Å²) in [6.07, 6.45) is 20.0. The third-order valence-electron chi connectivity index (χ3n) is 10.8. The zero-order valence-electron chi connectivity index (χ0n) is 24.6. The van der Waals surface area contributed by atoms with Crippen molar-refractivity contribution in [2.45, 2.75) is 123 Å². The zero-order chi connectivity index (χ0) is 27.5. The number of esters is 1. The number of likely N-dealkylation sites (tertiary alicyclic amines) is 1. The van der Waals surface area contributed by atoms with Crippen LogP contribution in [0, 0.1) is 34.5 Å². The molecule has 0 radical (unpaired) electrons. The highest BCUT2D eigenvalue weighted by Gasteiger charge is 2.55. The van der Waals surface area contributed by atoms with Gasteiger partial charge in [-0.15, -0.1) is 0 Å². The molecule has 6 rings (SSSR count).